The zero-order chi connectivity index (χ0) is 10.4. The van der Waals surface area contributed by atoms with Crippen LogP contribution in [0.2, 0.25) is 0 Å². The van der Waals surface area contributed by atoms with Crippen LogP contribution >= 0.6 is 12.4 Å². The first-order valence-corrected chi connectivity index (χ1v) is 5.91. The molecule has 0 amide bonds. The van der Waals surface area contributed by atoms with Gasteiger partial charge in [-0.2, -0.15) is 0 Å². The first-order valence-electron chi connectivity index (χ1n) is 5.91. The van der Waals surface area contributed by atoms with Gasteiger partial charge in [-0.15, -0.1) is 12.4 Å². The largest absolute Gasteiger partial charge is 0.260 e. The van der Waals surface area contributed by atoms with E-state index >= 15 is 0 Å². The summed E-state index contributed by atoms with van der Waals surface area (Å²) < 4.78 is 13.8. The zero-order valence-electron chi connectivity index (χ0n) is 9.91. The van der Waals surface area contributed by atoms with Crippen molar-refractivity contribution in [3.05, 3.63) is 0 Å². The van der Waals surface area contributed by atoms with E-state index in [-0.39, 0.29) is 12.4 Å². The molecule has 0 bridgehead atoms. The van der Waals surface area contributed by atoms with Gasteiger partial charge in [0.2, 0.25) is 6.42 Å². The Kier molecular flexibility index (Phi) is 8.39. The van der Waals surface area contributed by atoms with Gasteiger partial charge in [0.15, 0.2) is 0 Å². The number of rotatable bonds is 6. The molecule has 2 nitrogen and oxygen atoms in total. The van der Waals surface area contributed by atoms with Crippen molar-refractivity contribution in [1.29, 1.82) is 0 Å². The van der Waals surface area contributed by atoms with E-state index < -0.39 is 6.42 Å². The van der Waals surface area contributed by atoms with Gasteiger partial charge in [-0.05, 0) is 12.8 Å². The summed E-state index contributed by atoms with van der Waals surface area (Å²) in [5.74, 6) is 0. The molecule has 0 N–H and O–H groups in total. The van der Waals surface area contributed by atoms with Gasteiger partial charge >= 0.3 is 0 Å². The third-order valence-electron chi connectivity index (χ3n) is 2.87. The summed E-state index contributed by atoms with van der Waals surface area (Å²) in [7, 11) is 0. The van der Waals surface area contributed by atoms with Crippen molar-refractivity contribution in [3.63, 3.8) is 0 Å². The van der Waals surface area contributed by atoms with E-state index in [0.717, 1.165) is 51.9 Å². The van der Waals surface area contributed by atoms with Gasteiger partial charge < -0.3 is 0 Å². The SMILES string of the molecule is CCCCN1CCN(CCCC)C1F.Cl. The maximum absolute atomic E-state index is 13.8. The molecule has 0 aromatic carbocycles. The number of hydrogen-bond donors (Lipinski definition) is 0. The predicted molar refractivity (Wildman–Crippen MR) is 65.1 cm³/mol. The summed E-state index contributed by atoms with van der Waals surface area (Å²) in [6, 6.07) is 0. The third kappa shape index (κ3) is 4.66. The highest BCUT2D eigenvalue weighted by Crippen LogP contribution is 2.16. The molecule has 1 aliphatic rings. The van der Waals surface area contributed by atoms with Crippen LogP contribution in [0.4, 0.5) is 4.39 Å². The fourth-order valence-electron chi connectivity index (χ4n) is 1.86. The van der Waals surface area contributed by atoms with E-state index in [4.69, 9.17) is 0 Å². The first-order chi connectivity index (χ1) is 6.79. The van der Waals surface area contributed by atoms with Crippen molar-refractivity contribution in [2.75, 3.05) is 26.2 Å². The molecular formula is C11H24ClFN2. The van der Waals surface area contributed by atoms with E-state index in [1.807, 2.05) is 9.80 Å². The predicted octanol–water partition coefficient (Wildman–Crippen LogP) is 2.88. The first kappa shape index (κ1) is 15.1. The Morgan fingerprint density at radius 3 is 1.73 bits per heavy atom. The van der Waals surface area contributed by atoms with Crippen molar-refractivity contribution in [2.45, 2.75) is 46.0 Å². The Hall–Kier alpha value is 0.140. The van der Waals surface area contributed by atoms with Gasteiger partial charge in [0, 0.05) is 26.2 Å². The van der Waals surface area contributed by atoms with E-state index in [0.29, 0.717) is 0 Å². The van der Waals surface area contributed by atoms with Crippen LogP contribution in [0.3, 0.4) is 0 Å². The molecule has 0 radical (unpaired) electrons. The topological polar surface area (TPSA) is 6.48 Å². The standard InChI is InChI=1S/C11H23FN2.ClH/c1-3-5-7-13-9-10-14(11(13)12)8-6-4-2;/h11H,3-10H2,1-2H3;1H. The monoisotopic (exact) mass is 238 g/mol. The van der Waals surface area contributed by atoms with E-state index in [1.54, 1.807) is 0 Å². The highest BCUT2D eigenvalue weighted by Gasteiger charge is 2.30. The molecule has 4 heteroatoms. The number of nitrogens with zero attached hydrogens (tertiary/aromatic N) is 2. The normalized spacial score (nSPS) is 19.4. The van der Waals surface area contributed by atoms with Crippen molar-refractivity contribution >= 4 is 12.4 Å². The van der Waals surface area contributed by atoms with Gasteiger partial charge in [-0.3, -0.25) is 9.80 Å². The Morgan fingerprint density at radius 2 is 1.40 bits per heavy atom. The Morgan fingerprint density at radius 1 is 1.00 bits per heavy atom. The van der Waals surface area contributed by atoms with E-state index in [9.17, 15) is 4.39 Å². The van der Waals surface area contributed by atoms with Gasteiger partial charge in [0.25, 0.3) is 0 Å². The highest BCUT2D eigenvalue weighted by atomic mass is 35.5. The average Bonchev–Trinajstić information content (AvgIpc) is 2.54. The molecule has 0 spiro atoms. The fraction of sp³-hybridized carbons (Fsp3) is 1.00. The van der Waals surface area contributed by atoms with Crippen LogP contribution in [-0.2, 0) is 0 Å². The summed E-state index contributed by atoms with van der Waals surface area (Å²) >= 11 is 0. The Balaban J connectivity index is 0.00000196. The second-order valence-electron chi connectivity index (χ2n) is 4.09. The minimum atomic E-state index is -0.812. The number of alkyl halides is 1. The van der Waals surface area contributed by atoms with Crippen LogP contribution in [0, 0.1) is 0 Å². The second-order valence-corrected chi connectivity index (χ2v) is 4.09. The van der Waals surface area contributed by atoms with Crippen LogP contribution < -0.4 is 0 Å². The van der Waals surface area contributed by atoms with Crippen LogP contribution in [-0.4, -0.2) is 42.4 Å². The summed E-state index contributed by atoms with van der Waals surface area (Å²) in [5.41, 5.74) is 0. The van der Waals surface area contributed by atoms with Crippen LogP contribution in [0.15, 0.2) is 0 Å². The molecule has 1 aliphatic heterocycles. The molecule has 1 saturated heterocycles. The lowest BCUT2D eigenvalue weighted by molar-refractivity contribution is 0.0160. The Labute approximate surface area is 99.2 Å². The molecule has 0 aromatic rings. The maximum atomic E-state index is 13.8. The molecule has 92 valence electrons. The van der Waals surface area contributed by atoms with Crippen LogP contribution in [0.5, 0.6) is 0 Å². The molecular weight excluding hydrogens is 215 g/mol. The number of halogens is 2. The smallest absolute Gasteiger partial charge is 0.210 e. The minimum Gasteiger partial charge on any atom is -0.260 e. The molecule has 15 heavy (non-hydrogen) atoms. The molecule has 1 rings (SSSR count). The van der Waals surface area contributed by atoms with Crippen molar-refractivity contribution in [2.24, 2.45) is 0 Å². The highest BCUT2D eigenvalue weighted by molar-refractivity contribution is 5.85. The maximum Gasteiger partial charge on any atom is 0.210 e. The van der Waals surface area contributed by atoms with E-state index in [2.05, 4.69) is 13.8 Å². The minimum absolute atomic E-state index is 0. The lowest BCUT2D eigenvalue weighted by Gasteiger charge is -2.22. The molecule has 1 fully saturated rings. The molecule has 0 saturated carbocycles. The van der Waals surface area contributed by atoms with Crippen LogP contribution in [0.1, 0.15) is 39.5 Å². The second kappa shape index (κ2) is 8.31. The molecule has 0 atom stereocenters. The van der Waals surface area contributed by atoms with Crippen LogP contribution in [0.25, 0.3) is 0 Å². The van der Waals surface area contributed by atoms with Gasteiger partial charge in [-0.1, -0.05) is 26.7 Å². The van der Waals surface area contributed by atoms with Gasteiger partial charge in [0.05, 0.1) is 0 Å². The van der Waals surface area contributed by atoms with Gasteiger partial charge in [0.1, 0.15) is 0 Å². The Bertz CT molecular complexity index is 142. The average molecular weight is 239 g/mol. The van der Waals surface area contributed by atoms with Crippen molar-refractivity contribution < 1.29 is 4.39 Å². The summed E-state index contributed by atoms with van der Waals surface area (Å²) in [4.78, 5) is 3.92. The molecule has 0 aromatic heterocycles. The van der Waals surface area contributed by atoms with Crippen molar-refractivity contribution in [1.82, 2.24) is 9.80 Å². The lowest BCUT2D eigenvalue weighted by atomic mass is 10.3. The van der Waals surface area contributed by atoms with E-state index in [1.165, 1.54) is 0 Å². The lowest BCUT2D eigenvalue weighted by Crippen LogP contribution is -2.35. The number of unbranched alkanes of at least 4 members (excludes halogenated alkanes) is 2. The molecule has 1 heterocycles. The summed E-state index contributed by atoms with van der Waals surface area (Å²) in [6.07, 6.45) is 3.72. The summed E-state index contributed by atoms with van der Waals surface area (Å²) in [6.45, 7) is 7.95. The fourth-order valence-corrected chi connectivity index (χ4v) is 1.86. The van der Waals surface area contributed by atoms with Gasteiger partial charge in [-0.25, -0.2) is 4.39 Å². The van der Waals surface area contributed by atoms with Crippen molar-refractivity contribution in [3.8, 4) is 0 Å². The number of hydrogen-bond acceptors (Lipinski definition) is 2. The third-order valence-corrected chi connectivity index (χ3v) is 2.87. The molecule has 0 unspecified atom stereocenters. The summed E-state index contributed by atoms with van der Waals surface area (Å²) in [5, 5.41) is 0. The molecule has 0 aliphatic carbocycles. The zero-order valence-corrected chi connectivity index (χ0v) is 10.7. The quantitative estimate of drug-likeness (QED) is 0.657.